The number of amides is 1. The van der Waals surface area contributed by atoms with Crippen molar-refractivity contribution in [2.75, 3.05) is 11.9 Å². The van der Waals surface area contributed by atoms with Crippen LogP contribution in [-0.4, -0.2) is 31.1 Å². The lowest BCUT2D eigenvalue weighted by molar-refractivity contribution is -0.118. The van der Waals surface area contributed by atoms with Gasteiger partial charge in [0, 0.05) is 12.5 Å². The fraction of sp³-hybridized carbons (Fsp3) is 0.700. The van der Waals surface area contributed by atoms with E-state index in [0.717, 1.165) is 11.3 Å². The molecule has 1 rings (SSSR count). The van der Waals surface area contributed by atoms with Gasteiger partial charge in [-0.2, -0.15) is 0 Å². The Morgan fingerprint density at radius 1 is 1.26 bits per heavy atom. The van der Waals surface area contributed by atoms with Crippen LogP contribution < -0.4 is 10.0 Å². The van der Waals surface area contributed by atoms with E-state index in [4.69, 9.17) is 0 Å². The SMILES string of the molecule is CC(C)CNS(=O)(=O)c1nnc(NC(=O)C(C)C)s1. The van der Waals surface area contributed by atoms with E-state index in [0.29, 0.717) is 6.54 Å². The highest BCUT2D eigenvalue weighted by atomic mass is 32.2. The van der Waals surface area contributed by atoms with Gasteiger partial charge >= 0.3 is 0 Å². The van der Waals surface area contributed by atoms with Crippen LogP contribution in [0.5, 0.6) is 0 Å². The topological polar surface area (TPSA) is 101 Å². The standard InChI is InChI=1S/C10H18N4O3S2/c1-6(2)5-11-19(16,17)10-14-13-9(18-10)12-8(15)7(3)4/h6-7,11H,5H2,1-4H3,(H,12,13,15). The van der Waals surface area contributed by atoms with Crippen LogP contribution in [0.2, 0.25) is 0 Å². The van der Waals surface area contributed by atoms with Crippen molar-refractivity contribution in [1.82, 2.24) is 14.9 Å². The van der Waals surface area contributed by atoms with E-state index >= 15 is 0 Å². The maximum atomic E-state index is 11.9. The first-order valence-corrected chi connectivity index (χ1v) is 8.16. The van der Waals surface area contributed by atoms with Crippen molar-refractivity contribution >= 4 is 32.4 Å². The molecule has 9 heteroatoms. The summed E-state index contributed by atoms with van der Waals surface area (Å²) in [7, 11) is -3.65. The van der Waals surface area contributed by atoms with E-state index in [9.17, 15) is 13.2 Å². The summed E-state index contributed by atoms with van der Waals surface area (Å²) in [5, 5.41) is 9.93. The molecule has 1 heterocycles. The molecule has 1 amide bonds. The van der Waals surface area contributed by atoms with Crippen LogP contribution in [-0.2, 0) is 14.8 Å². The van der Waals surface area contributed by atoms with Crippen LogP contribution in [0.4, 0.5) is 5.13 Å². The minimum atomic E-state index is -3.65. The predicted octanol–water partition coefficient (Wildman–Crippen LogP) is 1.07. The highest BCUT2D eigenvalue weighted by Gasteiger charge is 2.21. The minimum absolute atomic E-state index is 0.146. The van der Waals surface area contributed by atoms with Crippen LogP contribution in [0.1, 0.15) is 27.7 Å². The minimum Gasteiger partial charge on any atom is -0.300 e. The number of carbonyl (C=O) groups excluding carboxylic acids is 1. The highest BCUT2D eigenvalue weighted by Crippen LogP contribution is 2.20. The number of sulfonamides is 1. The van der Waals surface area contributed by atoms with Crippen LogP contribution >= 0.6 is 11.3 Å². The summed E-state index contributed by atoms with van der Waals surface area (Å²) >= 11 is 0.833. The second-order valence-corrected chi connectivity index (χ2v) is 7.68. The molecule has 1 aromatic rings. The van der Waals surface area contributed by atoms with E-state index in [1.807, 2.05) is 13.8 Å². The second-order valence-electron chi connectivity index (χ2n) is 4.76. The van der Waals surface area contributed by atoms with Crippen LogP contribution in [0, 0.1) is 11.8 Å². The second kappa shape index (κ2) is 6.40. The van der Waals surface area contributed by atoms with Crippen molar-refractivity contribution < 1.29 is 13.2 Å². The molecular formula is C10H18N4O3S2. The van der Waals surface area contributed by atoms with Crippen molar-refractivity contribution in [3.05, 3.63) is 0 Å². The van der Waals surface area contributed by atoms with Gasteiger partial charge in [0.1, 0.15) is 0 Å². The zero-order chi connectivity index (χ0) is 14.6. The normalized spacial score (nSPS) is 12.1. The molecule has 7 nitrogen and oxygen atoms in total. The van der Waals surface area contributed by atoms with Crippen molar-refractivity contribution in [2.24, 2.45) is 11.8 Å². The Bertz CT molecular complexity index is 537. The number of anilines is 1. The third-order valence-electron chi connectivity index (χ3n) is 2.07. The number of hydrogen-bond acceptors (Lipinski definition) is 6. The third-order valence-corrected chi connectivity index (χ3v) is 4.70. The van der Waals surface area contributed by atoms with E-state index in [1.54, 1.807) is 13.8 Å². The molecule has 0 aliphatic rings. The lowest BCUT2D eigenvalue weighted by Crippen LogP contribution is -2.27. The largest absolute Gasteiger partial charge is 0.300 e. The predicted molar refractivity (Wildman–Crippen MR) is 73.4 cm³/mol. The molecule has 0 saturated heterocycles. The van der Waals surface area contributed by atoms with Gasteiger partial charge < -0.3 is 5.32 Å². The van der Waals surface area contributed by atoms with E-state index in [1.165, 1.54) is 0 Å². The molecule has 0 bridgehead atoms. The van der Waals surface area contributed by atoms with Gasteiger partial charge in [-0.1, -0.05) is 39.0 Å². The molecule has 0 aliphatic carbocycles. The number of hydrogen-bond donors (Lipinski definition) is 2. The molecule has 0 atom stereocenters. The Morgan fingerprint density at radius 2 is 1.89 bits per heavy atom. The molecular weight excluding hydrogens is 288 g/mol. The number of carbonyl (C=O) groups is 1. The van der Waals surface area contributed by atoms with Gasteiger partial charge in [-0.15, -0.1) is 10.2 Å². The zero-order valence-electron chi connectivity index (χ0n) is 11.3. The van der Waals surface area contributed by atoms with Crippen molar-refractivity contribution in [3.8, 4) is 0 Å². The van der Waals surface area contributed by atoms with Gasteiger partial charge in [0.15, 0.2) is 0 Å². The van der Waals surface area contributed by atoms with Crippen LogP contribution in [0.3, 0.4) is 0 Å². The molecule has 0 radical (unpaired) electrons. The molecule has 0 spiro atoms. The quantitative estimate of drug-likeness (QED) is 0.765. The summed E-state index contributed by atoms with van der Waals surface area (Å²) in [6, 6.07) is 0. The zero-order valence-corrected chi connectivity index (χ0v) is 12.9. The molecule has 19 heavy (non-hydrogen) atoms. The van der Waals surface area contributed by atoms with Crippen molar-refractivity contribution in [2.45, 2.75) is 32.0 Å². The lowest BCUT2D eigenvalue weighted by Gasteiger charge is -2.05. The summed E-state index contributed by atoms with van der Waals surface area (Å²) < 4.78 is 26.0. The monoisotopic (exact) mass is 306 g/mol. The first kappa shape index (κ1) is 16.0. The van der Waals surface area contributed by atoms with Crippen molar-refractivity contribution in [1.29, 1.82) is 0 Å². The smallest absolute Gasteiger partial charge is 0.269 e. The Hall–Kier alpha value is -1.06. The fourth-order valence-corrected chi connectivity index (χ4v) is 3.11. The summed E-state index contributed by atoms with van der Waals surface area (Å²) in [5.74, 6) is -0.235. The molecule has 0 unspecified atom stereocenters. The van der Waals surface area contributed by atoms with Gasteiger partial charge in [0.2, 0.25) is 15.4 Å². The Morgan fingerprint density at radius 3 is 2.42 bits per heavy atom. The Kier molecular flexibility index (Phi) is 5.39. The van der Waals surface area contributed by atoms with Crippen LogP contribution in [0.25, 0.3) is 0 Å². The highest BCUT2D eigenvalue weighted by molar-refractivity contribution is 7.91. The fourth-order valence-electron chi connectivity index (χ4n) is 0.957. The molecule has 0 fully saturated rings. The molecule has 0 saturated carbocycles. The average molecular weight is 306 g/mol. The summed E-state index contributed by atoms with van der Waals surface area (Å²) in [6.45, 7) is 7.60. The summed E-state index contributed by atoms with van der Waals surface area (Å²) in [4.78, 5) is 11.4. The van der Waals surface area contributed by atoms with Gasteiger partial charge in [0.25, 0.3) is 10.0 Å². The van der Waals surface area contributed by atoms with E-state index < -0.39 is 10.0 Å². The number of nitrogens with zero attached hydrogens (tertiary/aromatic N) is 2. The van der Waals surface area contributed by atoms with Gasteiger partial charge in [-0.3, -0.25) is 4.79 Å². The number of rotatable bonds is 6. The molecule has 0 aliphatic heterocycles. The molecule has 2 N–H and O–H groups in total. The number of nitrogens with one attached hydrogen (secondary N) is 2. The van der Waals surface area contributed by atoms with E-state index in [-0.39, 0.29) is 27.2 Å². The van der Waals surface area contributed by atoms with Gasteiger partial charge in [-0.05, 0) is 5.92 Å². The summed E-state index contributed by atoms with van der Waals surface area (Å²) in [6.07, 6.45) is 0. The van der Waals surface area contributed by atoms with E-state index in [2.05, 4.69) is 20.2 Å². The third kappa shape index (κ3) is 4.84. The Labute approximate surface area is 116 Å². The lowest BCUT2D eigenvalue weighted by atomic mass is 10.2. The first-order chi connectivity index (χ1) is 8.72. The van der Waals surface area contributed by atoms with Crippen molar-refractivity contribution in [3.63, 3.8) is 0 Å². The average Bonchev–Trinajstić information content (AvgIpc) is 2.75. The Balaban J connectivity index is 2.76. The van der Waals surface area contributed by atoms with Gasteiger partial charge in [-0.25, -0.2) is 13.1 Å². The number of aromatic nitrogens is 2. The maximum absolute atomic E-state index is 11.9. The van der Waals surface area contributed by atoms with Gasteiger partial charge in [0.05, 0.1) is 0 Å². The maximum Gasteiger partial charge on any atom is 0.269 e. The molecule has 1 aromatic heterocycles. The summed E-state index contributed by atoms with van der Waals surface area (Å²) in [5.41, 5.74) is 0. The molecule has 108 valence electrons. The van der Waals surface area contributed by atoms with Crippen LogP contribution in [0.15, 0.2) is 4.34 Å². The first-order valence-electron chi connectivity index (χ1n) is 5.86. The molecule has 0 aromatic carbocycles.